The Bertz CT molecular complexity index is 737. The van der Waals surface area contributed by atoms with E-state index in [1.54, 1.807) is 36.4 Å². The maximum Gasteiger partial charge on any atom is 0.387 e. The highest BCUT2D eigenvalue weighted by atomic mass is 35.5. The summed E-state index contributed by atoms with van der Waals surface area (Å²) in [6, 6.07) is 12.2. The summed E-state index contributed by atoms with van der Waals surface area (Å²) in [5.74, 6) is -1.50. The molecule has 5 nitrogen and oxygen atoms in total. The summed E-state index contributed by atoms with van der Waals surface area (Å²) in [6.45, 7) is -2.76. The van der Waals surface area contributed by atoms with Gasteiger partial charge < -0.3 is 15.0 Å². The third-order valence-corrected chi connectivity index (χ3v) is 3.46. The second-order valence-electron chi connectivity index (χ2n) is 5.14. The van der Waals surface area contributed by atoms with Gasteiger partial charge in [0.25, 0.3) is 0 Å². The highest BCUT2D eigenvalue weighted by Crippen LogP contribution is 2.16. The van der Waals surface area contributed by atoms with E-state index in [9.17, 15) is 18.4 Å². The fraction of sp³-hybridized carbons (Fsp3) is 0.176. The fourth-order valence-electron chi connectivity index (χ4n) is 2.01. The van der Waals surface area contributed by atoms with Crippen LogP contribution in [-0.2, 0) is 16.1 Å². The SMILES string of the molecule is CN(Cc1ccc(OC(F)F)cc1)C(=O)C(=O)Nc1ccc(Cl)cc1. The summed E-state index contributed by atoms with van der Waals surface area (Å²) in [5.41, 5.74) is 1.11. The number of anilines is 1. The first-order valence-electron chi connectivity index (χ1n) is 7.21. The number of rotatable bonds is 5. The van der Waals surface area contributed by atoms with Gasteiger partial charge in [0.15, 0.2) is 0 Å². The molecule has 0 saturated carbocycles. The lowest BCUT2D eigenvalue weighted by Crippen LogP contribution is -2.36. The topological polar surface area (TPSA) is 58.6 Å². The number of halogens is 3. The number of benzene rings is 2. The number of nitrogens with one attached hydrogen (secondary N) is 1. The zero-order chi connectivity index (χ0) is 18.4. The van der Waals surface area contributed by atoms with Gasteiger partial charge in [0.2, 0.25) is 0 Å². The molecule has 2 rings (SSSR count). The standard InChI is InChI=1S/C17H15ClF2N2O3/c1-22(10-11-2-8-14(9-3-11)25-17(19)20)16(24)15(23)21-13-6-4-12(18)5-7-13/h2-9,17H,10H2,1H3,(H,21,23). The van der Waals surface area contributed by atoms with Crippen molar-refractivity contribution in [3.05, 3.63) is 59.1 Å². The molecule has 1 N–H and O–H groups in total. The molecule has 0 aliphatic heterocycles. The molecule has 2 amide bonds. The van der Waals surface area contributed by atoms with Crippen molar-refractivity contribution in [1.29, 1.82) is 0 Å². The Morgan fingerprint density at radius 1 is 1.12 bits per heavy atom. The van der Waals surface area contributed by atoms with Gasteiger partial charge in [-0.1, -0.05) is 23.7 Å². The van der Waals surface area contributed by atoms with E-state index in [2.05, 4.69) is 10.1 Å². The fourth-order valence-corrected chi connectivity index (χ4v) is 2.14. The zero-order valence-electron chi connectivity index (χ0n) is 13.2. The van der Waals surface area contributed by atoms with Crippen LogP contribution in [0, 0.1) is 0 Å². The minimum absolute atomic E-state index is 0.0215. The Balaban J connectivity index is 1.92. The van der Waals surface area contributed by atoms with Crippen LogP contribution in [0.1, 0.15) is 5.56 Å². The Morgan fingerprint density at radius 3 is 2.28 bits per heavy atom. The third kappa shape index (κ3) is 5.72. The molecule has 0 spiro atoms. The minimum atomic E-state index is -2.90. The number of carbonyl (C=O) groups is 2. The van der Waals surface area contributed by atoms with Crippen molar-refractivity contribution in [2.45, 2.75) is 13.2 Å². The van der Waals surface area contributed by atoms with Crippen LogP contribution in [0.5, 0.6) is 5.75 Å². The van der Waals surface area contributed by atoms with E-state index < -0.39 is 18.4 Å². The lowest BCUT2D eigenvalue weighted by molar-refractivity contribution is -0.142. The van der Waals surface area contributed by atoms with Crippen LogP contribution in [-0.4, -0.2) is 30.4 Å². The van der Waals surface area contributed by atoms with Crippen LogP contribution in [0.25, 0.3) is 0 Å². The summed E-state index contributed by atoms with van der Waals surface area (Å²) < 4.78 is 28.4. The summed E-state index contributed by atoms with van der Waals surface area (Å²) in [7, 11) is 1.47. The molecule has 0 fully saturated rings. The molecular formula is C17H15ClF2N2O3. The second kappa shape index (κ2) is 8.43. The molecule has 8 heteroatoms. The van der Waals surface area contributed by atoms with Gasteiger partial charge in [-0.3, -0.25) is 9.59 Å². The minimum Gasteiger partial charge on any atom is -0.435 e. The molecule has 2 aromatic carbocycles. The summed E-state index contributed by atoms with van der Waals surface area (Å²) >= 11 is 5.75. The number of hydrogen-bond acceptors (Lipinski definition) is 3. The molecule has 0 radical (unpaired) electrons. The zero-order valence-corrected chi connectivity index (χ0v) is 14.0. The van der Waals surface area contributed by atoms with Crippen LogP contribution in [0.4, 0.5) is 14.5 Å². The van der Waals surface area contributed by atoms with Gasteiger partial charge in [-0.05, 0) is 42.0 Å². The van der Waals surface area contributed by atoms with Gasteiger partial charge in [-0.2, -0.15) is 8.78 Å². The summed E-state index contributed by atoms with van der Waals surface area (Å²) in [5, 5.41) is 2.99. The van der Waals surface area contributed by atoms with E-state index in [0.717, 1.165) is 0 Å². The number of hydrogen-bond donors (Lipinski definition) is 1. The van der Waals surface area contributed by atoms with E-state index in [4.69, 9.17) is 11.6 Å². The van der Waals surface area contributed by atoms with E-state index in [1.807, 2.05) is 0 Å². The maximum atomic E-state index is 12.1. The Kier molecular flexibility index (Phi) is 6.30. The summed E-state index contributed by atoms with van der Waals surface area (Å²) in [4.78, 5) is 25.3. The normalized spacial score (nSPS) is 10.4. The Labute approximate surface area is 148 Å². The lowest BCUT2D eigenvalue weighted by atomic mass is 10.2. The van der Waals surface area contributed by atoms with Gasteiger partial charge >= 0.3 is 18.4 Å². The van der Waals surface area contributed by atoms with E-state index in [1.165, 1.54) is 24.1 Å². The largest absolute Gasteiger partial charge is 0.435 e. The van der Waals surface area contributed by atoms with Crippen LogP contribution < -0.4 is 10.1 Å². The maximum absolute atomic E-state index is 12.1. The van der Waals surface area contributed by atoms with Gasteiger partial charge in [-0.25, -0.2) is 0 Å². The number of nitrogens with zero attached hydrogens (tertiary/aromatic N) is 1. The molecule has 0 aliphatic rings. The van der Waals surface area contributed by atoms with Gasteiger partial charge in [-0.15, -0.1) is 0 Å². The first kappa shape index (κ1) is 18.7. The van der Waals surface area contributed by atoms with Crippen molar-refractivity contribution in [3.8, 4) is 5.75 Å². The average Bonchev–Trinajstić information content (AvgIpc) is 2.57. The number of alkyl halides is 2. The van der Waals surface area contributed by atoms with Gasteiger partial charge in [0, 0.05) is 24.3 Å². The van der Waals surface area contributed by atoms with Gasteiger partial charge in [0.05, 0.1) is 0 Å². The van der Waals surface area contributed by atoms with Crippen LogP contribution in [0.15, 0.2) is 48.5 Å². The van der Waals surface area contributed by atoms with Crippen LogP contribution in [0.2, 0.25) is 5.02 Å². The molecule has 0 heterocycles. The highest BCUT2D eigenvalue weighted by Gasteiger charge is 2.19. The van der Waals surface area contributed by atoms with Crippen molar-refractivity contribution in [2.24, 2.45) is 0 Å². The molecule has 132 valence electrons. The van der Waals surface area contributed by atoms with E-state index in [0.29, 0.717) is 16.3 Å². The quantitative estimate of drug-likeness (QED) is 0.821. The molecule has 0 bridgehead atoms. The Morgan fingerprint density at radius 2 is 1.72 bits per heavy atom. The molecule has 0 saturated heterocycles. The van der Waals surface area contributed by atoms with Crippen molar-refractivity contribution in [1.82, 2.24) is 4.90 Å². The van der Waals surface area contributed by atoms with Crippen molar-refractivity contribution in [2.75, 3.05) is 12.4 Å². The van der Waals surface area contributed by atoms with E-state index in [-0.39, 0.29) is 12.3 Å². The number of ether oxygens (including phenoxy) is 1. The molecule has 0 aromatic heterocycles. The first-order valence-corrected chi connectivity index (χ1v) is 7.58. The molecule has 25 heavy (non-hydrogen) atoms. The Hall–Kier alpha value is -2.67. The second-order valence-corrected chi connectivity index (χ2v) is 5.58. The predicted molar refractivity (Wildman–Crippen MR) is 89.6 cm³/mol. The molecular weight excluding hydrogens is 354 g/mol. The lowest BCUT2D eigenvalue weighted by Gasteiger charge is -2.17. The molecule has 0 atom stereocenters. The van der Waals surface area contributed by atoms with Crippen LogP contribution >= 0.6 is 11.6 Å². The monoisotopic (exact) mass is 368 g/mol. The van der Waals surface area contributed by atoms with Gasteiger partial charge in [0.1, 0.15) is 5.75 Å². The third-order valence-electron chi connectivity index (χ3n) is 3.21. The first-order chi connectivity index (χ1) is 11.8. The highest BCUT2D eigenvalue weighted by molar-refractivity contribution is 6.39. The number of carbonyl (C=O) groups excluding carboxylic acids is 2. The van der Waals surface area contributed by atoms with Crippen molar-refractivity contribution >= 4 is 29.1 Å². The number of likely N-dealkylation sites (N-methyl/N-ethyl adjacent to an activating group) is 1. The smallest absolute Gasteiger partial charge is 0.387 e. The van der Waals surface area contributed by atoms with Crippen LogP contribution in [0.3, 0.4) is 0 Å². The molecule has 2 aromatic rings. The predicted octanol–water partition coefficient (Wildman–Crippen LogP) is 3.54. The van der Waals surface area contributed by atoms with E-state index >= 15 is 0 Å². The van der Waals surface area contributed by atoms with Crippen molar-refractivity contribution in [3.63, 3.8) is 0 Å². The van der Waals surface area contributed by atoms with Crippen molar-refractivity contribution < 1.29 is 23.1 Å². The number of amides is 2. The molecule has 0 aliphatic carbocycles. The average molecular weight is 369 g/mol. The summed E-state index contributed by atoms with van der Waals surface area (Å²) in [6.07, 6.45) is 0. The molecule has 0 unspecified atom stereocenters.